The van der Waals surface area contributed by atoms with E-state index in [-0.39, 0.29) is 27.1 Å². The van der Waals surface area contributed by atoms with Gasteiger partial charge in [-0.1, -0.05) is 6.07 Å². The predicted octanol–water partition coefficient (Wildman–Crippen LogP) is 3.98. The first-order valence-electron chi connectivity index (χ1n) is 5.81. The van der Waals surface area contributed by atoms with Crippen LogP contribution in [0.5, 0.6) is 0 Å². The van der Waals surface area contributed by atoms with E-state index in [9.17, 15) is 13.2 Å². The van der Waals surface area contributed by atoms with Gasteiger partial charge in [-0.3, -0.25) is 4.57 Å². The van der Waals surface area contributed by atoms with Crippen LogP contribution in [0, 0.1) is 33.6 Å². The van der Waals surface area contributed by atoms with Gasteiger partial charge < -0.3 is 4.98 Å². The summed E-state index contributed by atoms with van der Waals surface area (Å²) in [6.45, 7) is 0. The van der Waals surface area contributed by atoms with Gasteiger partial charge in [0.15, 0.2) is 10.6 Å². The monoisotopic (exact) mass is 305 g/mol. The molecule has 3 nitrogen and oxygen atoms in total. The molecule has 0 spiro atoms. The molecule has 104 valence electrons. The average molecular weight is 305 g/mol. The van der Waals surface area contributed by atoms with Crippen LogP contribution >= 0.6 is 12.2 Å². The van der Waals surface area contributed by atoms with Crippen molar-refractivity contribution in [2.75, 3.05) is 0 Å². The summed E-state index contributed by atoms with van der Waals surface area (Å²) >= 11 is 5.08. The number of hydrogen-bond donors (Lipinski definition) is 1. The molecular weight excluding hydrogens is 299 g/mol. The SMILES string of the molecule is N#Cc1c(F)cccc1-n1c(=S)[nH]c2c(F)cc(F)cc21. The molecule has 0 aliphatic rings. The van der Waals surface area contributed by atoms with Crippen molar-refractivity contribution >= 4 is 23.3 Å². The number of hydrogen-bond acceptors (Lipinski definition) is 2. The number of H-pyrrole nitrogens is 1. The van der Waals surface area contributed by atoms with Gasteiger partial charge in [0.1, 0.15) is 28.8 Å². The highest BCUT2D eigenvalue weighted by atomic mass is 32.1. The van der Waals surface area contributed by atoms with Crippen LogP contribution in [0.4, 0.5) is 13.2 Å². The van der Waals surface area contributed by atoms with Crippen molar-refractivity contribution in [2.24, 2.45) is 0 Å². The molecule has 2 aromatic carbocycles. The van der Waals surface area contributed by atoms with Crippen LogP contribution in [0.15, 0.2) is 30.3 Å². The minimum atomic E-state index is -0.815. The fourth-order valence-electron chi connectivity index (χ4n) is 2.18. The van der Waals surface area contributed by atoms with E-state index in [2.05, 4.69) is 4.98 Å². The van der Waals surface area contributed by atoms with Gasteiger partial charge in [-0.15, -0.1) is 0 Å². The zero-order chi connectivity index (χ0) is 15.1. The van der Waals surface area contributed by atoms with Gasteiger partial charge in [-0.05, 0) is 24.4 Å². The normalized spacial score (nSPS) is 10.8. The Morgan fingerprint density at radius 2 is 1.90 bits per heavy atom. The Bertz CT molecular complexity index is 966. The first-order valence-corrected chi connectivity index (χ1v) is 6.22. The highest BCUT2D eigenvalue weighted by Crippen LogP contribution is 2.25. The quantitative estimate of drug-likeness (QED) is 0.691. The summed E-state index contributed by atoms with van der Waals surface area (Å²) in [6, 6.07) is 7.48. The third kappa shape index (κ3) is 2.00. The molecular formula is C14H6F3N3S. The molecule has 3 rings (SSSR count). The topological polar surface area (TPSA) is 44.5 Å². The summed E-state index contributed by atoms with van der Waals surface area (Å²) in [7, 11) is 0. The van der Waals surface area contributed by atoms with Gasteiger partial charge in [0, 0.05) is 12.1 Å². The Balaban J connectivity index is 2.48. The summed E-state index contributed by atoms with van der Waals surface area (Å²) < 4.78 is 42.1. The van der Waals surface area contributed by atoms with Crippen LogP contribution < -0.4 is 0 Å². The lowest BCUT2D eigenvalue weighted by Crippen LogP contribution is -2.00. The standard InChI is InChI=1S/C14H6F3N3S/c15-7-4-10(17)13-12(5-7)20(14(21)19-13)11-3-1-2-9(16)8(11)6-18/h1-5H,(H,19,21). The molecule has 21 heavy (non-hydrogen) atoms. The van der Waals surface area contributed by atoms with Gasteiger partial charge in [-0.25, -0.2) is 13.2 Å². The molecule has 0 aliphatic heterocycles. The van der Waals surface area contributed by atoms with Gasteiger partial charge in [0.2, 0.25) is 0 Å². The number of imidazole rings is 1. The van der Waals surface area contributed by atoms with Gasteiger partial charge in [0.25, 0.3) is 0 Å². The van der Waals surface area contributed by atoms with Gasteiger partial charge in [-0.2, -0.15) is 5.26 Å². The Morgan fingerprint density at radius 3 is 2.62 bits per heavy atom. The maximum absolute atomic E-state index is 13.7. The van der Waals surface area contributed by atoms with Gasteiger partial charge in [0.05, 0.1) is 11.2 Å². The zero-order valence-electron chi connectivity index (χ0n) is 10.3. The molecule has 1 aromatic heterocycles. The molecule has 0 saturated heterocycles. The summed E-state index contributed by atoms with van der Waals surface area (Å²) in [4.78, 5) is 2.60. The molecule has 0 radical (unpaired) electrons. The van der Waals surface area contributed by atoms with Crippen LogP contribution in [0.25, 0.3) is 16.7 Å². The van der Waals surface area contributed by atoms with Crippen LogP contribution in [-0.2, 0) is 0 Å². The Hall–Kier alpha value is -2.59. The van der Waals surface area contributed by atoms with Crippen LogP contribution in [0.2, 0.25) is 0 Å². The van der Waals surface area contributed by atoms with E-state index in [4.69, 9.17) is 17.5 Å². The molecule has 0 bridgehead atoms. The highest BCUT2D eigenvalue weighted by Gasteiger charge is 2.16. The lowest BCUT2D eigenvalue weighted by atomic mass is 10.1. The van der Waals surface area contributed by atoms with Crippen molar-refractivity contribution in [2.45, 2.75) is 0 Å². The zero-order valence-corrected chi connectivity index (χ0v) is 11.1. The lowest BCUT2D eigenvalue weighted by Gasteiger charge is -2.07. The number of benzene rings is 2. The average Bonchev–Trinajstić information content (AvgIpc) is 2.75. The molecule has 0 atom stereocenters. The summed E-state index contributed by atoms with van der Waals surface area (Å²) in [5.41, 5.74) is -0.0351. The number of fused-ring (bicyclic) bond motifs is 1. The number of aromatic amines is 1. The maximum Gasteiger partial charge on any atom is 0.182 e. The first kappa shape index (κ1) is 13.4. The van der Waals surface area contributed by atoms with E-state index >= 15 is 0 Å². The smallest absolute Gasteiger partial charge is 0.182 e. The third-order valence-electron chi connectivity index (χ3n) is 3.05. The van der Waals surface area contributed by atoms with Crippen molar-refractivity contribution in [3.05, 3.63) is 58.1 Å². The third-order valence-corrected chi connectivity index (χ3v) is 3.34. The molecule has 1 heterocycles. The molecule has 7 heteroatoms. The lowest BCUT2D eigenvalue weighted by molar-refractivity contribution is 0.590. The molecule has 3 aromatic rings. The van der Waals surface area contributed by atoms with Crippen molar-refractivity contribution < 1.29 is 13.2 Å². The highest BCUT2D eigenvalue weighted by molar-refractivity contribution is 7.71. The van der Waals surface area contributed by atoms with Crippen molar-refractivity contribution in [3.8, 4) is 11.8 Å². The largest absolute Gasteiger partial charge is 0.328 e. The number of halogens is 3. The number of nitriles is 1. The van der Waals surface area contributed by atoms with E-state index in [1.165, 1.54) is 16.7 Å². The maximum atomic E-state index is 13.7. The van der Waals surface area contributed by atoms with Crippen LogP contribution in [-0.4, -0.2) is 9.55 Å². The second kappa shape index (κ2) is 4.75. The summed E-state index contributed by atoms with van der Waals surface area (Å²) in [5.74, 6) is -2.34. The number of nitrogens with one attached hydrogen (secondary N) is 1. The van der Waals surface area contributed by atoms with Crippen LogP contribution in [0.3, 0.4) is 0 Å². The Morgan fingerprint density at radius 1 is 1.14 bits per heavy atom. The van der Waals surface area contributed by atoms with Crippen molar-refractivity contribution in [3.63, 3.8) is 0 Å². The van der Waals surface area contributed by atoms with E-state index in [1.54, 1.807) is 6.07 Å². The van der Waals surface area contributed by atoms with Crippen LogP contribution in [0.1, 0.15) is 5.56 Å². The fourth-order valence-corrected chi connectivity index (χ4v) is 2.48. The molecule has 0 fully saturated rings. The predicted molar refractivity (Wildman–Crippen MR) is 73.0 cm³/mol. The number of rotatable bonds is 1. The number of aromatic nitrogens is 2. The molecule has 0 aliphatic carbocycles. The number of nitrogens with zero attached hydrogens (tertiary/aromatic N) is 2. The Kier molecular flexibility index (Phi) is 3.03. The van der Waals surface area contributed by atoms with E-state index in [1.807, 2.05) is 0 Å². The fraction of sp³-hybridized carbons (Fsp3) is 0. The second-order valence-corrected chi connectivity index (χ2v) is 4.68. The summed E-state index contributed by atoms with van der Waals surface area (Å²) in [5, 5.41) is 9.07. The van der Waals surface area contributed by atoms with Crippen molar-refractivity contribution in [1.29, 1.82) is 5.26 Å². The summed E-state index contributed by atoms with van der Waals surface area (Å²) in [6.07, 6.45) is 0. The van der Waals surface area contributed by atoms with Crippen molar-refractivity contribution in [1.82, 2.24) is 9.55 Å². The molecule has 0 unspecified atom stereocenters. The van der Waals surface area contributed by atoms with E-state index < -0.39 is 17.5 Å². The minimum absolute atomic E-state index is 0.00505. The molecule has 1 N–H and O–H groups in total. The van der Waals surface area contributed by atoms with E-state index in [0.717, 1.165) is 12.1 Å². The van der Waals surface area contributed by atoms with E-state index in [0.29, 0.717) is 6.07 Å². The van der Waals surface area contributed by atoms with Gasteiger partial charge >= 0.3 is 0 Å². The second-order valence-electron chi connectivity index (χ2n) is 4.29. The molecule has 0 saturated carbocycles. The first-order chi connectivity index (χ1) is 10.0. The molecule has 0 amide bonds. The minimum Gasteiger partial charge on any atom is -0.328 e. The Labute approximate surface area is 121 Å².